The summed E-state index contributed by atoms with van der Waals surface area (Å²) < 4.78 is 0. The second kappa shape index (κ2) is 7.22. The first-order chi connectivity index (χ1) is 12.1. The average molecular weight is 336 g/mol. The molecule has 0 aliphatic carbocycles. The van der Waals surface area contributed by atoms with Crippen LogP contribution in [0, 0.1) is 11.8 Å². The summed E-state index contributed by atoms with van der Waals surface area (Å²) in [6.07, 6.45) is 3.64. The van der Waals surface area contributed by atoms with Crippen LogP contribution in [0.15, 0.2) is 30.5 Å². The van der Waals surface area contributed by atoms with Crippen LogP contribution in [0.4, 0.5) is 0 Å². The van der Waals surface area contributed by atoms with Crippen molar-refractivity contribution in [3.8, 4) is 23.0 Å². The second-order valence-electron chi connectivity index (χ2n) is 6.11. The number of likely N-dealkylation sites (tertiary alicyclic amines) is 1. The first-order valence-corrected chi connectivity index (χ1v) is 8.25. The van der Waals surface area contributed by atoms with Gasteiger partial charge in [0.05, 0.1) is 6.20 Å². The molecule has 0 saturated carbocycles. The number of H-pyrrole nitrogens is 1. The molecule has 1 atom stereocenters. The van der Waals surface area contributed by atoms with Gasteiger partial charge in [0, 0.05) is 35.8 Å². The van der Waals surface area contributed by atoms with Gasteiger partial charge in [0.15, 0.2) is 0 Å². The van der Waals surface area contributed by atoms with Crippen molar-refractivity contribution in [3.05, 3.63) is 41.7 Å². The lowest BCUT2D eigenvalue weighted by atomic mass is 9.90. The maximum Gasteiger partial charge on any atom is 0.298 e. The Labute approximate surface area is 146 Å². The van der Waals surface area contributed by atoms with Gasteiger partial charge in [-0.1, -0.05) is 18.1 Å². The Morgan fingerprint density at radius 3 is 3.00 bits per heavy atom. The summed E-state index contributed by atoms with van der Waals surface area (Å²) in [6.45, 7) is 3.00. The molecule has 1 fully saturated rings. The molecule has 3 rings (SSSR count). The highest BCUT2D eigenvalue weighted by atomic mass is 16.2. The quantitative estimate of drug-likeness (QED) is 0.839. The lowest BCUT2D eigenvalue weighted by Gasteiger charge is -2.31. The summed E-state index contributed by atoms with van der Waals surface area (Å²) in [5.41, 5.74) is 8.63. The number of carbonyl (C=O) groups excluding carboxylic acids is 2. The number of amides is 2. The fourth-order valence-corrected chi connectivity index (χ4v) is 3.26. The molecule has 1 saturated heterocycles. The summed E-state index contributed by atoms with van der Waals surface area (Å²) in [6, 6.07) is 7.19. The minimum atomic E-state index is -0.459. The number of rotatable bonds is 3. The lowest BCUT2D eigenvalue weighted by Crippen LogP contribution is -2.38. The van der Waals surface area contributed by atoms with Crippen molar-refractivity contribution in [1.29, 1.82) is 0 Å². The summed E-state index contributed by atoms with van der Waals surface area (Å²) in [4.78, 5) is 25.3. The number of hydrogen-bond donors (Lipinski definition) is 2. The van der Waals surface area contributed by atoms with Gasteiger partial charge in [0.1, 0.15) is 0 Å². The molecule has 3 N–H and O–H groups in total. The predicted octanol–water partition coefficient (Wildman–Crippen LogP) is 1.90. The number of nitrogens with two attached hydrogens (primary N) is 1. The summed E-state index contributed by atoms with van der Waals surface area (Å²) in [7, 11) is 0. The Balaban J connectivity index is 1.88. The van der Waals surface area contributed by atoms with E-state index in [1.54, 1.807) is 36.2 Å². The van der Waals surface area contributed by atoms with Crippen molar-refractivity contribution in [2.24, 2.45) is 5.73 Å². The molecule has 0 radical (unpaired) electrons. The standard InChI is InChI=1S/C19H20N4O2/c1-2-5-17(24)23-9-4-8-15(12-23)18-16(11-21-22-18)13-6-3-7-14(10-13)19(20)25/h3,6-7,10-11,15H,4,8-9,12H2,1H3,(H2,20,25)(H,21,22). The molecular formula is C19H20N4O2. The lowest BCUT2D eigenvalue weighted by molar-refractivity contribution is -0.126. The van der Waals surface area contributed by atoms with Crippen LogP contribution in [0.2, 0.25) is 0 Å². The molecule has 128 valence electrons. The molecular weight excluding hydrogens is 316 g/mol. The molecule has 6 heteroatoms. The molecule has 2 heterocycles. The maximum absolute atomic E-state index is 12.1. The summed E-state index contributed by atoms with van der Waals surface area (Å²) in [5.74, 6) is 4.83. The van der Waals surface area contributed by atoms with Crippen LogP contribution in [0.25, 0.3) is 11.1 Å². The van der Waals surface area contributed by atoms with Crippen molar-refractivity contribution in [3.63, 3.8) is 0 Å². The molecule has 6 nitrogen and oxygen atoms in total. The molecule has 1 aromatic heterocycles. The Kier molecular flexibility index (Phi) is 4.85. The van der Waals surface area contributed by atoms with Crippen LogP contribution < -0.4 is 5.73 Å². The molecule has 0 bridgehead atoms. The zero-order valence-corrected chi connectivity index (χ0v) is 14.1. The molecule has 2 aromatic rings. The normalized spacial score (nSPS) is 16.8. The Hall–Kier alpha value is -3.07. The van der Waals surface area contributed by atoms with Crippen LogP contribution in [-0.2, 0) is 4.79 Å². The number of nitrogens with zero attached hydrogens (tertiary/aromatic N) is 2. The zero-order chi connectivity index (χ0) is 17.8. The van der Waals surface area contributed by atoms with Crippen molar-refractivity contribution < 1.29 is 9.59 Å². The largest absolute Gasteiger partial charge is 0.366 e. The maximum atomic E-state index is 12.1. The zero-order valence-electron chi connectivity index (χ0n) is 14.1. The average Bonchev–Trinajstić information content (AvgIpc) is 3.12. The van der Waals surface area contributed by atoms with E-state index in [-0.39, 0.29) is 11.8 Å². The van der Waals surface area contributed by atoms with E-state index >= 15 is 0 Å². The number of hydrogen-bond acceptors (Lipinski definition) is 3. The third-order valence-corrected chi connectivity index (χ3v) is 4.48. The van der Waals surface area contributed by atoms with Gasteiger partial charge in [-0.15, -0.1) is 0 Å². The van der Waals surface area contributed by atoms with Crippen molar-refractivity contribution >= 4 is 11.8 Å². The molecule has 1 aromatic carbocycles. The van der Waals surface area contributed by atoms with Crippen molar-refractivity contribution in [2.75, 3.05) is 13.1 Å². The first kappa shape index (κ1) is 16.8. The van der Waals surface area contributed by atoms with Crippen molar-refractivity contribution in [1.82, 2.24) is 15.1 Å². The number of piperidine rings is 1. The van der Waals surface area contributed by atoms with E-state index in [1.165, 1.54) is 0 Å². The van der Waals surface area contributed by atoms with Crippen LogP contribution in [-0.4, -0.2) is 40.0 Å². The Bertz CT molecular complexity index is 860. The predicted molar refractivity (Wildman–Crippen MR) is 94.5 cm³/mol. The molecule has 25 heavy (non-hydrogen) atoms. The van der Waals surface area contributed by atoms with E-state index in [0.29, 0.717) is 12.1 Å². The number of benzene rings is 1. The van der Waals surface area contributed by atoms with Gasteiger partial charge in [0.25, 0.3) is 5.91 Å². The highest BCUT2D eigenvalue weighted by molar-refractivity contribution is 5.94. The van der Waals surface area contributed by atoms with Gasteiger partial charge < -0.3 is 10.6 Å². The second-order valence-corrected chi connectivity index (χ2v) is 6.11. The Morgan fingerprint density at radius 1 is 1.40 bits per heavy atom. The van der Waals surface area contributed by atoms with E-state index < -0.39 is 5.91 Å². The van der Waals surface area contributed by atoms with Gasteiger partial charge in [0.2, 0.25) is 5.91 Å². The van der Waals surface area contributed by atoms with E-state index in [4.69, 9.17) is 5.73 Å². The number of nitrogens with one attached hydrogen (secondary N) is 1. The first-order valence-electron chi connectivity index (χ1n) is 8.25. The van der Waals surface area contributed by atoms with Gasteiger partial charge >= 0.3 is 0 Å². The monoisotopic (exact) mass is 336 g/mol. The van der Waals surface area contributed by atoms with Crippen LogP contribution in [0.1, 0.15) is 41.7 Å². The van der Waals surface area contributed by atoms with Gasteiger partial charge in [-0.25, -0.2) is 0 Å². The van der Waals surface area contributed by atoms with E-state index in [9.17, 15) is 9.59 Å². The summed E-state index contributed by atoms with van der Waals surface area (Å²) in [5, 5.41) is 7.26. The topological polar surface area (TPSA) is 92.1 Å². The van der Waals surface area contributed by atoms with Crippen LogP contribution in [0.5, 0.6) is 0 Å². The number of primary amides is 1. The smallest absolute Gasteiger partial charge is 0.298 e. The Morgan fingerprint density at radius 2 is 2.24 bits per heavy atom. The van der Waals surface area contributed by atoms with Gasteiger partial charge in [-0.3, -0.25) is 14.7 Å². The fourth-order valence-electron chi connectivity index (χ4n) is 3.26. The minimum Gasteiger partial charge on any atom is -0.366 e. The van der Waals surface area contributed by atoms with Crippen molar-refractivity contribution in [2.45, 2.75) is 25.7 Å². The minimum absolute atomic E-state index is 0.135. The molecule has 1 aliphatic rings. The van der Waals surface area contributed by atoms with E-state index in [2.05, 4.69) is 22.0 Å². The highest BCUT2D eigenvalue weighted by Gasteiger charge is 2.27. The molecule has 1 unspecified atom stereocenters. The van der Waals surface area contributed by atoms with Gasteiger partial charge in [-0.2, -0.15) is 5.10 Å². The highest BCUT2D eigenvalue weighted by Crippen LogP contribution is 2.33. The number of carbonyl (C=O) groups is 2. The third-order valence-electron chi connectivity index (χ3n) is 4.48. The van der Waals surface area contributed by atoms with E-state index in [0.717, 1.165) is 36.2 Å². The fraction of sp³-hybridized carbons (Fsp3) is 0.316. The van der Waals surface area contributed by atoms with Gasteiger partial charge in [-0.05, 0) is 43.4 Å². The summed E-state index contributed by atoms with van der Waals surface area (Å²) >= 11 is 0. The molecule has 2 amide bonds. The van der Waals surface area contributed by atoms with Crippen LogP contribution in [0.3, 0.4) is 0 Å². The van der Waals surface area contributed by atoms with Crippen LogP contribution >= 0.6 is 0 Å². The molecule has 0 spiro atoms. The number of aromatic amines is 1. The SMILES string of the molecule is CC#CC(=O)N1CCCC(c2[nH]ncc2-c2cccc(C(N)=O)c2)C1. The number of aromatic nitrogens is 2. The molecule has 1 aliphatic heterocycles. The third kappa shape index (κ3) is 3.56. The van der Waals surface area contributed by atoms with E-state index in [1.807, 2.05) is 6.07 Å².